The van der Waals surface area contributed by atoms with Gasteiger partial charge in [-0.05, 0) is 12.1 Å². The van der Waals surface area contributed by atoms with Gasteiger partial charge in [0.25, 0.3) is 0 Å². The van der Waals surface area contributed by atoms with E-state index in [0.717, 1.165) is 11.7 Å². The molecule has 2 rings (SSSR count). The van der Waals surface area contributed by atoms with Crippen LogP contribution in [0.25, 0.3) is 5.69 Å². The maximum atomic E-state index is 11.9. The molecular weight excluding hydrogens is 290 g/mol. The molecule has 2 aromatic rings. The molecule has 0 radical (unpaired) electrons. The van der Waals surface area contributed by atoms with Crippen molar-refractivity contribution in [3.8, 4) is 17.5 Å². The predicted molar refractivity (Wildman–Crippen MR) is 74.9 cm³/mol. The van der Waals surface area contributed by atoms with Gasteiger partial charge in [0, 0.05) is 6.20 Å². The summed E-state index contributed by atoms with van der Waals surface area (Å²) in [4.78, 5) is 23.2. The van der Waals surface area contributed by atoms with E-state index >= 15 is 0 Å². The van der Waals surface area contributed by atoms with Crippen LogP contribution in [0.5, 0.6) is 5.75 Å². The molecule has 22 heavy (non-hydrogen) atoms. The SMILES string of the molecule is COC(=O)c1c(N)c(C#N)cn1-c1cccc(O)c1C(=O)O. The van der Waals surface area contributed by atoms with Crippen molar-refractivity contribution in [1.29, 1.82) is 5.26 Å². The lowest BCUT2D eigenvalue weighted by atomic mass is 10.1. The summed E-state index contributed by atoms with van der Waals surface area (Å²) >= 11 is 0. The van der Waals surface area contributed by atoms with Crippen LogP contribution in [0.1, 0.15) is 26.4 Å². The Morgan fingerprint density at radius 3 is 2.64 bits per heavy atom. The number of nitrogens with zero attached hydrogens (tertiary/aromatic N) is 2. The number of aromatic hydroxyl groups is 1. The van der Waals surface area contributed by atoms with E-state index < -0.39 is 23.3 Å². The molecule has 0 aliphatic heterocycles. The van der Waals surface area contributed by atoms with Gasteiger partial charge in [-0.3, -0.25) is 0 Å². The van der Waals surface area contributed by atoms with Crippen LogP contribution in [0.4, 0.5) is 5.69 Å². The first kappa shape index (κ1) is 14.9. The third-order valence-electron chi connectivity index (χ3n) is 3.04. The van der Waals surface area contributed by atoms with Crippen LogP contribution in [0.15, 0.2) is 24.4 Å². The van der Waals surface area contributed by atoms with Gasteiger partial charge in [0.15, 0.2) is 5.69 Å². The Morgan fingerprint density at radius 2 is 2.09 bits per heavy atom. The van der Waals surface area contributed by atoms with Crippen LogP contribution in [0, 0.1) is 11.3 Å². The van der Waals surface area contributed by atoms with E-state index in [0.29, 0.717) is 0 Å². The lowest BCUT2D eigenvalue weighted by Crippen LogP contribution is -2.13. The number of benzene rings is 1. The first-order valence-electron chi connectivity index (χ1n) is 5.97. The number of methoxy groups -OCH3 is 1. The number of nitrogens with two attached hydrogens (primary N) is 1. The molecule has 0 saturated heterocycles. The Balaban J connectivity index is 2.85. The van der Waals surface area contributed by atoms with Gasteiger partial charge in [-0.15, -0.1) is 0 Å². The van der Waals surface area contributed by atoms with E-state index in [4.69, 9.17) is 11.0 Å². The highest BCUT2D eigenvalue weighted by atomic mass is 16.5. The van der Waals surface area contributed by atoms with Gasteiger partial charge >= 0.3 is 11.9 Å². The number of esters is 1. The normalized spacial score (nSPS) is 10.0. The molecule has 0 atom stereocenters. The standard InChI is InChI=1S/C14H11N3O5/c1-22-14(21)12-11(16)7(5-15)6-17(12)8-3-2-4-9(18)10(8)13(19)20/h2-4,6,18H,16H2,1H3,(H,19,20). The summed E-state index contributed by atoms with van der Waals surface area (Å²) in [5.74, 6) is -2.71. The topological polar surface area (TPSA) is 139 Å². The number of carboxylic acid groups (broad SMARTS) is 1. The number of hydrogen-bond acceptors (Lipinski definition) is 6. The summed E-state index contributed by atoms with van der Waals surface area (Å²) < 4.78 is 5.72. The molecule has 0 bridgehead atoms. The summed E-state index contributed by atoms with van der Waals surface area (Å²) in [6.45, 7) is 0. The van der Waals surface area contributed by atoms with E-state index in [1.807, 2.05) is 0 Å². The monoisotopic (exact) mass is 301 g/mol. The van der Waals surface area contributed by atoms with Crippen molar-refractivity contribution >= 4 is 17.6 Å². The number of ether oxygens (including phenoxy) is 1. The highest BCUT2D eigenvalue weighted by molar-refractivity contribution is 5.99. The molecule has 8 heteroatoms. The maximum absolute atomic E-state index is 11.9. The highest BCUT2D eigenvalue weighted by Gasteiger charge is 2.25. The lowest BCUT2D eigenvalue weighted by molar-refractivity contribution is 0.0590. The third-order valence-corrected chi connectivity index (χ3v) is 3.04. The van der Waals surface area contributed by atoms with E-state index in [-0.39, 0.29) is 22.6 Å². The number of carboxylic acids is 1. The van der Waals surface area contributed by atoms with Crippen LogP contribution in [0.2, 0.25) is 0 Å². The zero-order valence-electron chi connectivity index (χ0n) is 11.4. The van der Waals surface area contributed by atoms with E-state index in [9.17, 15) is 19.8 Å². The summed E-state index contributed by atoms with van der Waals surface area (Å²) in [5, 5.41) is 28.0. The van der Waals surface area contributed by atoms with E-state index in [1.165, 1.54) is 24.4 Å². The second kappa shape index (κ2) is 5.49. The molecule has 0 aliphatic carbocycles. The van der Waals surface area contributed by atoms with E-state index in [2.05, 4.69) is 4.74 Å². The molecule has 0 saturated carbocycles. The Hall–Kier alpha value is -3.47. The molecule has 0 amide bonds. The molecule has 0 spiro atoms. The number of aromatic nitrogens is 1. The van der Waals surface area contributed by atoms with Crippen molar-refractivity contribution in [3.05, 3.63) is 41.2 Å². The van der Waals surface area contributed by atoms with Gasteiger partial charge in [0.2, 0.25) is 0 Å². The van der Waals surface area contributed by atoms with Crippen LogP contribution >= 0.6 is 0 Å². The van der Waals surface area contributed by atoms with Crippen molar-refractivity contribution in [2.75, 3.05) is 12.8 Å². The number of nitrogen functional groups attached to an aromatic ring is 1. The number of anilines is 1. The molecule has 112 valence electrons. The zero-order valence-corrected chi connectivity index (χ0v) is 11.4. The fourth-order valence-electron chi connectivity index (χ4n) is 2.05. The molecule has 1 aromatic heterocycles. The molecule has 8 nitrogen and oxygen atoms in total. The minimum atomic E-state index is -1.39. The fourth-order valence-corrected chi connectivity index (χ4v) is 2.05. The molecule has 0 unspecified atom stereocenters. The van der Waals surface area contributed by atoms with Crippen LogP contribution in [-0.4, -0.2) is 33.8 Å². The van der Waals surface area contributed by atoms with Gasteiger partial charge in [-0.2, -0.15) is 5.26 Å². The van der Waals surface area contributed by atoms with E-state index in [1.54, 1.807) is 6.07 Å². The Labute approximate surface area is 124 Å². The summed E-state index contributed by atoms with van der Waals surface area (Å²) in [6, 6.07) is 5.78. The second-order valence-electron chi connectivity index (χ2n) is 4.25. The maximum Gasteiger partial charge on any atom is 0.357 e. The first-order chi connectivity index (χ1) is 10.4. The number of phenols is 1. The molecule has 0 aliphatic rings. The van der Waals surface area contributed by atoms with Crippen molar-refractivity contribution in [1.82, 2.24) is 4.57 Å². The fraction of sp³-hybridized carbons (Fsp3) is 0.0714. The lowest BCUT2D eigenvalue weighted by Gasteiger charge is -2.12. The number of aromatic carboxylic acids is 1. The summed E-state index contributed by atoms with van der Waals surface area (Å²) in [6.07, 6.45) is 1.21. The minimum Gasteiger partial charge on any atom is -0.507 e. The van der Waals surface area contributed by atoms with Crippen molar-refractivity contribution in [2.24, 2.45) is 0 Å². The van der Waals surface area contributed by atoms with Crippen LogP contribution in [-0.2, 0) is 4.74 Å². The minimum absolute atomic E-state index is 0.0129. The largest absolute Gasteiger partial charge is 0.507 e. The molecule has 4 N–H and O–H groups in total. The van der Waals surface area contributed by atoms with Gasteiger partial charge < -0.3 is 25.3 Å². The first-order valence-corrected chi connectivity index (χ1v) is 5.97. The Kier molecular flexibility index (Phi) is 3.73. The Bertz CT molecular complexity index is 817. The van der Waals surface area contributed by atoms with Crippen molar-refractivity contribution in [2.45, 2.75) is 0 Å². The van der Waals surface area contributed by atoms with Crippen LogP contribution < -0.4 is 5.73 Å². The summed E-state index contributed by atoms with van der Waals surface area (Å²) in [5.41, 5.74) is 4.97. The number of rotatable bonds is 3. The number of carbonyl (C=O) groups excluding carboxylic acids is 1. The average molecular weight is 301 g/mol. The Morgan fingerprint density at radius 1 is 1.41 bits per heavy atom. The average Bonchev–Trinajstić information content (AvgIpc) is 2.82. The van der Waals surface area contributed by atoms with Crippen molar-refractivity contribution < 1.29 is 24.5 Å². The second-order valence-corrected chi connectivity index (χ2v) is 4.25. The highest BCUT2D eigenvalue weighted by Crippen LogP contribution is 2.30. The molecular formula is C14H11N3O5. The van der Waals surface area contributed by atoms with Gasteiger partial charge in [0.05, 0.1) is 24.0 Å². The quantitative estimate of drug-likeness (QED) is 0.722. The van der Waals surface area contributed by atoms with Gasteiger partial charge in [-0.25, -0.2) is 9.59 Å². The smallest absolute Gasteiger partial charge is 0.357 e. The summed E-state index contributed by atoms with van der Waals surface area (Å²) in [7, 11) is 1.13. The number of nitriles is 1. The third kappa shape index (κ3) is 2.20. The zero-order chi connectivity index (χ0) is 16.4. The van der Waals surface area contributed by atoms with Gasteiger partial charge in [0.1, 0.15) is 17.4 Å². The number of carbonyl (C=O) groups is 2. The van der Waals surface area contributed by atoms with Gasteiger partial charge in [-0.1, -0.05) is 6.07 Å². The predicted octanol–water partition coefficient (Wildman–Crippen LogP) is 1.12. The molecule has 1 heterocycles. The van der Waals surface area contributed by atoms with Crippen LogP contribution in [0.3, 0.4) is 0 Å². The number of hydrogen-bond donors (Lipinski definition) is 3. The molecule has 0 fully saturated rings. The van der Waals surface area contributed by atoms with Crippen molar-refractivity contribution in [3.63, 3.8) is 0 Å². The molecule has 1 aromatic carbocycles.